The summed E-state index contributed by atoms with van der Waals surface area (Å²) in [7, 11) is 1.71. The lowest BCUT2D eigenvalue weighted by atomic mass is 9.69. The smallest absolute Gasteiger partial charge is 0.0700 e. The van der Waals surface area contributed by atoms with Crippen molar-refractivity contribution in [1.29, 1.82) is 0 Å². The van der Waals surface area contributed by atoms with Crippen LogP contribution in [-0.4, -0.2) is 39.5 Å². The van der Waals surface area contributed by atoms with Gasteiger partial charge < -0.3 is 14.8 Å². The van der Waals surface area contributed by atoms with E-state index in [4.69, 9.17) is 9.47 Å². The Bertz CT molecular complexity index is 213. The van der Waals surface area contributed by atoms with Crippen LogP contribution < -0.4 is 5.32 Å². The summed E-state index contributed by atoms with van der Waals surface area (Å²) < 4.78 is 10.5. The van der Waals surface area contributed by atoms with Crippen LogP contribution in [0.25, 0.3) is 0 Å². The van der Waals surface area contributed by atoms with Crippen molar-refractivity contribution in [2.75, 3.05) is 33.5 Å². The number of nitrogens with one attached hydrogen (secondary N) is 1. The third kappa shape index (κ3) is 5.68. The summed E-state index contributed by atoms with van der Waals surface area (Å²) in [6.07, 6.45) is 5.45. The van der Waals surface area contributed by atoms with E-state index in [1.165, 1.54) is 25.7 Å². The summed E-state index contributed by atoms with van der Waals surface area (Å²) >= 11 is 0. The van der Waals surface area contributed by atoms with Gasteiger partial charge in [-0.15, -0.1) is 0 Å². The Balaban J connectivity index is 2.21. The summed E-state index contributed by atoms with van der Waals surface area (Å²) in [6, 6.07) is 0.671. The van der Waals surface area contributed by atoms with E-state index in [1.54, 1.807) is 7.11 Å². The highest BCUT2D eigenvalue weighted by atomic mass is 16.5. The molecule has 3 heteroatoms. The molecule has 0 heterocycles. The standard InChI is InChI=1S/C15H31NO2/c1-15(2,3)13-7-5-6-8-14(13)16-9-10-18-12-11-17-4/h13-14,16H,5-12H2,1-4H3. The highest BCUT2D eigenvalue weighted by Crippen LogP contribution is 2.37. The lowest BCUT2D eigenvalue weighted by Gasteiger charge is -2.41. The fourth-order valence-electron chi connectivity index (χ4n) is 2.97. The maximum Gasteiger partial charge on any atom is 0.0700 e. The van der Waals surface area contributed by atoms with E-state index in [1.807, 2.05) is 0 Å². The molecular formula is C15H31NO2. The summed E-state index contributed by atoms with van der Waals surface area (Å²) in [4.78, 5) is 0. The number of methoxy groups -OCH3 is 1. The first kappa shape index (κ1) is 15.9. The van der Waals surface area contributed by atoms with Gasteiger partial charge >= 0.3 is 0 Å². The predicted molar refractivity (Wildman–Crippen MR) is 75.9 cm³/mol. The molecule has 18 heavy (non-hydrogen) atoms. The minimum atomic E-state index is 0.412. The molecule has 1 saturated carbocycles. The van der Waals surface area contributed by atoms with Gasteiger partial charge in [0, 0.05) is 19.7 Å². The van der Waals surface area contributed by atoms with E-state index in [-0.39, 0.29) is 0 Å². The molecule has 108 valence electrons. The molecule has 0 bridgehead atoms. The molecule has 1 aliphatic carbocycles. The zero-order valence-electron chi connectivity index (χ0n) is 12.6. The highest BCUT2D eigenvalue weighted by molar-refractivity contribution is 4.88. The zero-order valence-corrected chi connectivity index (χ0v) is 12.6. The van der Waals surface area contributed by atoms with Crippen molar-refractivity contribution in [1.82, 2.24) is 5.32 Å². The van der Waals surface area contributed by atoms with Gasteiger partial charge in [0.25, 0.3) is 0 Å². The molecule has 1 aliphatic rings. The maximum atomic E-state index is 5.50. The molecule has 2 unspecified atom stereocenters. The molecular weight excluding hydrogens is 226 g/mol. The van der Waals surface area contributed by atoms with Gasteiger partial charge in [0.1, 0.15) is 0 Å². The highest BCUT2D eigenvalue weighted by Gasteiger charge is 2.33. The van der Waals surface area contributed by atoms with E-state index in [0.29, 0.717) is 24.7 Å². The molecule has 0 radical (unpaired) electrons. The summed E-state index contributed by atoms with van der Waals surface area (Å²) in [5, 5.41) is 3.69. The summed E-state index contributed by atoms with van der Waals surface area (Å²) in [5.74, 6) is 0.797. The van der Waals surface area contributed by atoms with E-state index in [9.17, 15) is 0 Å². The summed E-state index contributed by atoms with van der Waals surface area (Å²) in [5.41, 5.74) is 0.412. The van der Waals surface area contributed by atoms with Crippen LogP contribution in [0.15, 0.2) is 0 Å². The molecule has 0 aliphatic heterocycles. The largest absolute Gasteiger partial charge is 0.382 e. The normalized spacial score (nSPS) is 25.3. The SMILES string of the molecule is COCCOCCNC1CCCCC1C(C)(C)C. The Morgan fingerprint density at radius 2 is 1.78 bits per heavy atom. The third-order valence-electron chi connectivity index (χ3n) is 3.96. The van der Waals surface area contributed by atoms with Gasteiger partial charge in [-0.05, 0) is 24.2 Å². The molecule has 1 N–H and O–H groups in total. The van der Waals surface area contributed by atoms with Crippen molar-refractivity contribution >= 4 is 0 Å². The van der Waals surface area contributed by atoms with Crippen LogP contribution >= 0.6 is 0 Å². The van der Waals surface area contributed by atoms with Gasteiger partial charge in [-0.1, -0.05) is 33.6 Å². The topological polar surface area (TPSA) is 30.5 Å². The van der Waals surface area contributed by atoms with Gasteiger partial charge in [0.05, 0.1) is 19.8 Å². The Labute approximate surface area is 113 Å². The predicted octanol–water partition coefficient (Wildman–Crippen LogP) is 2.84. The third-order valence-corrected chi connectivity index (χ3v) is 3.96. The van der Waals surface area contributed by atoms with Crippen LogP contribution in [0.3, 0.4) is 0 Å². The molecule has 0 aromatic rings. The number of rotatable bonds is 7. The van der Waals surface area contributed by atoms with Crippen LogP contribution in [0.2, 0.25) is 0 Å². The van der Waals surface area contributed by atoms with Gasteiger partial charge in [0.2, 0.25) is 0 Å². The second kappa shape index (κ2) is 8.13. The first-order valence-corrected chi connectivity index (χ1v) is 7.36. The monoisotopic (exact) mass is 257 g/mol. The Morgan fingerprint density at radius 1 is 1.06 bits per heavy atom. The Hall–Kier alpha value is -0.120. The average Bonchev–Trinajstić information content (AvgIpc) is 2.33. The van der Waals surface area contributed by atoms with Gasteiger partial charge in [-0.2, -0.15) is 0 Å². The molecule has 0 spiro atoms. The minimum absolute atomic E-state index is 0.412. The lowest BCUT2D eigenvalue weighted by molar-refractivity contribution is 0.0653. The molecule has 0 aromatic heterocycles. The molecule has 1 rings (SSSR count). The van der Waals surface area contributed by atoms with Gasteiger partial charge in [-0.3, -0.25) is 0 Å². The summed E-state index contributed by atoms with van der Waals surface area (Å²) in [6.45, 7) is 10.2. The molecule has 0 amide bonds. The van der Waals surface area contributed by atoms with Crippen molar-refractivity contribution in [3.05, 3.63) is 0 Å². The average molecular weight is 257 g/mol. The maximum absolute atomic E-state index is 5.50. The second-order valence-electron chi connectivity index (χ2n) is 6.42. The number of hydrogen-bond donors (Lipinski definition) is 1. The van der Waals surface area contributed by atoms with Crippen molar-refractivity contribution < 1.29 is 9.47 Å². The van der Waals surface area contributed by atoms with Crippen LogP contribution in [0.5, 0.6) is 0 Å². The number of hydrogen-bond acceptors (Lipinski definition) is 3. The van der Waals surface area contributed by atoms with E-state index < -0.39 is 0 Å². The number of ether oxygens (including phenoxy) is 2. The Morgan fingerprint density at radius 3 is 2.44 bits per heavy atom. The molecule has 2 atom stereocenters. The fourth-order valence-corrected chi connectivity index (χ4v) is 2.97. The van der Waals surface area contributed by atoms with Crippen LogP contribution in [0.4, 0.5) is 0 Å². The van der Waals surface area contributed by atoms with Crippen LogP contribution in [0.1, 0.15) is 46.5 Å². The van der Waals surface area contributed by atoms with Crippen LogP contribution in [-0.2, 0) is 9.47 Å². The van der Waals surface area contributed by atoms with Crippen molar-refractivity contribution in [2.45, 2.75) is 52.5 Å². The molecule has 0 saturated heterocycles. The quantitative estimate of drug-likeness (QED) is 0.711. The first-order chi connectivity index (χ1) is 8.55. The van der Waals surface area contributed by atoms with E-state index in [0.717, 1.165) is 19.1 Å². The molecule has 0 aromatic carbocycles. The van der Waals surface area contributed by atoms with E-state index in [2.05, 4.69) is 26.1 Å². The Kier molecular flexibility index (Phi) is 7.20. The van der Waals surface area contributed by atoms with Crippen LogP contribution in [0, 0.1) is 11.3 Å². The minimum Gasteiger partial charge on any atom is -0.382 e. The lowest BCUT2D eigenvalue weighted by Crippen LogP contribution is -2.45. The zero-order chi connectivity index (χ0) is 13.4. The van der Waals surface area contributed by atoms with Gasteiger partial charge in [0.15, 0.2) is 0 Å². The van der Waals surface area contributed by atoms with Crippen molar-refractivity contribution in [3.63, 3.8) is 0 Å². The first-order valence-electron chi connectivity index (χ1n) is 7.36. The molecule has 3 nitrogen and oxygen atoms in total. The van der Waals surface area contributed by atoms with Gasteiger partial charge in [-0.25, -0.2) is 0 Å². The fraction of sp³-hybridized carbons (Fsp3) is 1.00. The molecule has 1 fully saturated rings. The van der Waals surface area contributed by atoms with Crippen molar-refractivity contribution in [3.8, 4) is 0 Å². The second-order valence-corrected chi connectivity index (χ2v) is 6.42. The van der Waals surface area contributed by atoms with E-state index >= 15 is 0 Å². The van der Waals surface area contributed by atoms with Crippen molar-refractivity contribution in [2.24, 2.45) is 11.3 Å².